The lowest BCUT2D eigenvalue weighted by molar-refractivity contribution is 0.658. The topological polar surface area (TPSA) is 43.8 Å². The molecule has 80 valence electrons. The second-order valence-corrected chi connectivity index (χ2v) is 6.10. The minimum Gasteiger partial charge on any atom is -0.320 e. The molecule has 0 saturated carbocycles. The van der Waals surface area contributed by atoms with E-state index in [0.29, 0.717) is 0 Å². The van der Waals surface area contributed by atoms with Gasteiger partial charge in [-0.2, -0.15) is 5.10 Å². The summed E-state index contributed by atoms with van der Waals surface area (Å²) in [6, 6.07) is 2.07. The summed E-state index contributed by atoms with van der Waals surface area (Å²) in [4.78, 5) is 0. The lowest BCUT2D eigenvalue weighted by Crippen LogP contribution is -2.09. The molecule has 0 fully saturated rings. The van der Waals surface area contributed by atoms with Crippen LogP contribution in [0.15, 0.2) is 23.8 Å². The maximum absolute atomic E-state index is 6.15. The smallest absolute Gasteiger partial charge is 0.0656 e. The Hall–Kier alpha value is -0.400. The normalized spacial score (nSPS) is 13.0. The summed E-state index contributed by atoms with van der Waals surface area (Å²) in [5.41, 5.74) is 8.39. The predicted molar refractivity (Wildman–Crippen MR) is 71.0 cm³/mol. The molecule has 0 aromatic carbocycles. The number of aryl methyl sites for hydroxylation is 1. The molecule has 1 unspecified atom stereocenters. The zero-order chi connectivity index (χ0) is 10.8. The summed E-state index contributed by atoms with van der Waals surface area (Å²) in [6.45, 7) is 2.95. The van der Waals surface area contributed by atoms with Gasteiger partial charge >= 0.3 is 0 Å². The zero-order valence-electron chi connectivity index (χ0n) is 8.35. The molecule has 0 spiro atoms. The fourth-order valence-electron chi connectivity index (χ4n) is 1.39. The average Bonchev–Trinajstić information content (AvgIpc) is 2.84. The van der Waals surface area contributed by atoms with Crippen LogP contribution in [0.3, 0.4) is 0 Å². The quantitative estimate of drug-likeness (QED) is 0.878. The number of nitrogens with two attached hydrogens (primary N) is 1. The molecule has 0 radical (unpaired) electrons. The molecular formula is C10H12IN3S. The predicted octanol–water partition coefficient (Wildman–Crippen LogP) is 2.62. The monoisotopic (exact) mass is 333 g/mol. The van der Waals surface area contributed by atoms with Gasteiger partial charge in [0.25, 0.3) is 0 Å². The lowest BCUT2D eigenvalue weighted by atomic mass is 10.1. The fraction of sp³-hybridized carbons (Fsp3) is 0.300. The molecule has 0 saturated heterocycles. The molecule has 2 N–H and O–H groups in total. The van der Waals surface area contributed by atoms with Gasteiger partial charge < -0.3 is 5.73 Å². The lowest BCUT2D eigenvalue weighted by Gasteiger charge is -2.05. The highest BCUT2D eigenvalue weighted by Gasteiger charge is 2.12. The van der Waals surface area contributed by atoms with E-state index in [-0.39, 0.29) is 6.04 Å². The van der Waals surface area contributed by atoms with Crippen molar-refractivity contribution in [1.82, 2.24) is 9.78 Å². The van der Waals surface area contributed by atoms with Crippen molar-refractivity contribution in [1.29, 1.82) is 0 Å². The number of thiophene rings is 1. The third-order valence-corrected chi connectivity index (χ3v) is 4.09. The van der Waals surface area contributed by atoms with Crippen molar-refractivity contribution >= 4 is 33.9 Å². The van der Waals surface area contributed by atoms with E-state index in [0.717, 1.165) is 12.1 Å². The Kier molecular flexibility index (Phi) is 3.42. The maximum Gasteiger partial charge on any atom is 0.0656 e. The SMILES string of the molecule is CCn1cc(C(N)c2csc(I)c2)cn1. The molecule has 3 nitrogen and oxygen atoms in total. The van der Waals surface area contributed by atoms with Crippen LogP contribution < -0.4 is 5.73 Å². The third kappa shape index (κ3) is 2.40. The van der Waals surface area contributed by atoms with Gasteiger partial charge in [-0.25, -0.2) is 0 Å². The first-order valence-corrected chi connectivity index (χ1v) is 6.68. The largest absolute Gasteiger partial charge is 0.320 e. The third-order valence-electron chi connectivity index (χ3n) is 2.28. The Morgan fingerprint density at radius 3 is 2.93 bits per heavy atom. The molecule has 0 amide bonds. The molecule has 0 aliphatic heterocycles. The van der Waals surface area contributed by atoms with Crippen molar-refractivity contribution in [2.45, 2.75) is 19.5 Å². The van der Waals surface area contributed by atoms with E-state index in [1.54, 1.807) is 11.3 Å². The summed E-state index contributed by atoms with van der Waals surface area (Å²) in [6.07, 6.45) is 3.86. The highest BCUT2D eigenvalue weighted by Crippen LogP contribution is 2.25. The molecule has 0 aliphatic carbocycles. The van der Waals surface area contributed by atoms with Crippen molar-refractivity contribution in [2.75, 3.05) is 0 Å². The molecule has 1 atom stereocenters. The Labute approximate surface area is 106 Å². The average molecular weight is 333 g/mol. The van der Waals surface area contributed by atoms with Gasteiger partial charge in [-0.3, -0.25) is 4.68 Å². The van der Waals surface area contributed by atoms with Crippen LogP contribution >= 0.6 is 33.9 Å². The van der Waals surface area contributed by atoms with Crippen molar-refractivity contribution < 1.29 is 0 Å². The van der Waals surface area contributed by atoms with Gasteiger partial charge in [0.1, 0.15) is 0 Å². The highest BCUT2D eigenvalue weighted by molar-refractivity contribution is 14.1. The van der Waals surface area contributed by atoms with Crippen LogP contribution in [-0.4, -0.2) is 9.78 Å². The summed E-state index contributed by atoms with van der Waals surface area (Å²) in [5, 5.41) is 6.33. The van der Waals surface area contributed by atoms with Crippen LogP contribution in [-0.2, 0) is 6.54 Å². The van der Waals surface area contributed by atoms with E-state index < -0.39 is 0 Å². The van der Waals surface area contributed by atoms with E-state index in [9.17, 15) is 0 Å². The number of aromatic nitrogens is 2. The molecule has 5 heteroatoms. The second-order valence-electron chi connectivity index (χ2n) is 3.29. The van der Waals surface area contributed by atoms with Crippen LogP contribution in [0, 0.1) is 2.88 Å². The number of nitrogens with zero attached hydrogens (tertiary/aromatic N) is 2. The molecule has 2 heterocycles. The van der Waals surface area contributed by atoms with E-state index in [1.807, 2.05) is 17.1 Å². The molecule has 2 rings (SSSR count). The van der Waals surface area contributed by atoms with Gasteiger partial charge in [0.15, 0.2) is 0 Å². The minimum atomic E-state index is -0.0509. The number of hydrogen-bond acceptors (Lipinski definition) is 3. The molecule has 0 bridgehead atoms. The Bertz CT molecular complexity index is 449. The Morgan fingerprint density at radius 1 is 1.60 bits per heavy atom. The van der Waals surface area contributed by atoms with Crippen LogP contribution in [0.25, 0.3) is 0 Å². The fourth-order valence-corrected chi connectivity index (χ4v) is 2.80. The van der Waals surface area contributed by atoms with Crippen LogP contribution in [0.1, 0.15) is 24.1 Å². The van der Waals surface area contributed by atoms with Gasteiger partial charge in [-0.15, -0.1) is 11.3 Å². The first-order chi connectivity index (χ1) is 7.20. The van der Waals surface area contributed by atoms with E-state index in [2.05, 4.69) is 46.1 Å². The van der Waals surface area contributed by atoms with Crippen molar-refractivity contribution in [3.05, 3.63) is 37.9 Å². The number of hydrogen-bond donors (Lipinski definition) is 1. The number of halogens is 1. The molecule has 2 aromatic rings. The van der Waals surface area contributed by atoms with Crippen LogP contribution in [0.5, 0.6) is 0 Å². The zero-order valence-corrected chi connectivity index (χ0v) is 11.3. The first-order valence-electron chi connectivity index (χ1n) is 4.72. The molecule has 2 aromatic heterocycles. The summed E-state index contributed by atoms with van der Waals surface area (Å²) in [5.74, 6) is 0. The Morgan fingerprint density at radius 2 is 2.40 bits per heavy atom. The van der Waals surface area contributed by atoms with Gasteiger partial charge in [0, 0.05) is 18.3 Å². The summed E-state index contributed by atoms with van der Waals surface area (Å²) in [7, 11) is 0. The first kappa shape index (κ1) is 11.1. The Balaban J connectivity index is 2.23. The van der Waals surface area contributed by atoms with Crippen molar-refractivity contribution in [3.63, 3.8) is 0 Å². The second kappa shape index (κ2) is 4.63. The maximum atomic E-state index is 6.15. The standard InChI is InChI=1S/C10H12IN3S/c1-2-14-5-8(4-13-14)10(12)7-3-9(11)15-6-7/h3-6,10H,2,12H2,1H3. The summed E-state index contributed by atoms with van der Waals surface area (Å²) < 4.78 is 3.16. The van der Waals surface area contributed by atoms with E-state index in [1.165, 1.54) is 8.45 Å². The van der Waals surface area contributed by atoms with Gasteiger partial charge in [-0.05, 0) is 46.5 Å². The minimum absolute atomic E-state index is 0.0509. The van der Waals surface area contributed by atoms with Gasteiger partial charge in [0.2, 0.25) is 0 Å². The number of rotatable bonds is 3. The molecule has 0 aliphatic rings. The van der Waals surface area contributed by atoms with Crippen molar-refractivity contribution in [2.24, 2.45) is 5.73 Å². The van der Waals surface area contributed by atoms with Gasteiger partial charge in [0.05, 0.1) is 15.1 Å². The summed E-state index contributed by atoms with van der Waals surface area (Å²) >= 11 is 4.03. The molecular weight excluding hydrogens is 321 g/mol. The van der Waals surface area contributed by atoms with Gasteiger partial charge in [-0.1, -0.05) is 0 Å². The highest BCUT2D eigenvalue weighted by atomic mass is 127. The van der Waals surface area contributed by atoms with Crippen LogP contribution in [0.2, 0.25) is 0 Å². The molecule has 15 heavy (non-hydrogen) atoms. The van der Waals surface area contributed by atoms with Crippen LogP contribution in [0.4, 0.5) is 0 Å². The van der Waals surface area contributed by atoms with E-state index >= 15 is 0 Å². The van der Waals surface area contributed by atoms with E-state index in [4.69, 9.17) is 5.73 Å². The van der Waals surface area contributed by atoms with Crippen molar-refractivity contribution in [3.8, 4) is 0 Å².